The van der Waals surface area contributed by atoms with Gasteiger partial charge in [-0.25, -0.2) is 0 Å². The highest BCUT2D eigenvalue weighted by molar-refractivity contribution is 6.30. The smallest absolute Gasteiger partial charge is 0.388 e. The number of ether oxygens (including phenoxy) is 1. The summed E-state index contributed by atoms with van der Waals surface area (Å²) < 4.78 is 26.9. The highest BCUT2D eigenvalue weighted by Gasteiger charge is 2.05. The Bertz CT molecular complexity index is 246. The lowest BCUT2D eigenvalue weighted by molar-refractivity contribution is -0.0534. The predicted octanol–water partition coefficient (Wildman–Crippen LogP) is 1.73. The number of hydrogen-bond donors (Lipinski definition) is 0. The molecular weight excluding hydrogens is 178 g/mol. The summed E-state index contributed by atoms with van der Waals surface area (Å²) in [6.07, 6.45) is 1.22. The molecule has 1 rings (SSSR count). The summed E-state index contributed by atoms with van der Waals surface area (Å²) in [7, 11) is 0. The molecule has 6 heteroatoms. The zero-order valence-corrected chi connectivity index (χ0v) is 5.92. The summed E-state index contributed by atoms with van der Waals surface area (Å²) in [4.78, 5) is 0. The lowest BCUT2D eigenvalue weighted by Gasteiger charge is -2.00. The Morgan fingerprint density at radius 1 is 1.55 bits per heavy atom. The van der Waals surface area contributed by atoms with Crippen LogP contribution in [0.15, 0.2) is 12.3 Å². The van der Waals surface area contributed by atoms with Crippen molar-refractivity contribution in [1.82, 2.24) is 10.2 Å². The van der Waals surface area contributed by atoms with Crippen molar-refractivity contribution >= 4 is 11.6 Å². The van der Waals surface area contributed by atoms with Crippen LogP contribution in [0, 0.1) is 0 Å². The summed E-state index contributed by atoms with van der Waals surface area (Å²) in [6, 6.07) is 1.15. The van der Waals surface area contributed by atoms with E-state index in [1.807, 2.05) is 0 Å². The van der Waals surface area contributed by atoms with Crippen LogP contribution >= 0.6 is 11.6 Å². The van der Waals surface area contributed by atoms with Crippen molar-refractivity contribution < 1.29 is 13.5 Å². The number of rotatable bonds is 2. The van der Waals surface area contributed by atoms with E-state index in [0.717, 1.165) is 6.07 Å². The zero-order valence-electron chi connectivity index (χ0n) is 5.17. The third kappa shape index (κ3) is 2.63. The minimum Gasteiger partial charge on any atom is -0.415 e. The molecule has 0 unspecified atom stereocenters. The van der Waals surface area contributed by atoms with E-state index in [9.17, 15) is 8.78 Å². The lowest BCUT2D eigenvalue weighted by atomic mass is 10.6. The third-order valence-electron chi connectivity index (χ3n) is 0.809. The van der Waals surface area contributed by atoms with Gasteiger partial charge in [0.2, 0.25) is 5.88 Å². The van der Waals surface area contributed by atoms with Gasteiger partial charge in [-0.1, -0.05) is 11.6 Å². The Kier molecular flexibility index (Phi) is 2.53. The van der Waals surface area contributed by atoms with E-state index in [0.29, 0.717) is 0 Å². The molecule has 0 N–H and O–H groups in total. The van der Waals surface area contributed by atoms with E-state index >= 15 is 0 Å². The Morgan fingerprint density at radius 3 is 2.82 bits per heavy atom. The van der Waals surface area contributed by atoms with Crippen LogP contribution in [0.5, 0.6) is 5.88 Å². The Labute approximate surface area is 66.0 Å². The standard InChI is InChI=1S/C5H3ClF2N2O/c6-3-1-4(10-9-2-3)11-5(7)8/h1-2,5H. The maximum absolute atomic E-state index is 11.5. The Hall–Kier alpha value is -0.970. The van der Waals surface area contributed by atoms with E-state index in [4.69, 9.17) is 11.6 Å². The molecule has 3 nitrogen and oxygen atoms in total. The molecule has 0 fully saturated rings. The van der Waals surface area contributed by atoms with Crippen LogP contribution in [0.3, 0.4) is 0 Å². The molecule has 0 aliphatic carbocycles. The fourth-order valence-corrected chi connectivity index (χ4v) is 0.611. The first-order valence-corrected chi connectivity index (χ1v) is 2.99. The molecule has 1 aromatic heterocycles. The maximum Gasteiger partial charge on any atom is 0.388 e. The molecule has 0 aliphatic heterocycles. The zero-order chi connectivity index (χ0) is 8.27. The topological polar surface area (TPSA) is 35.0 Å². The first kappa shape index (κ1) is 8.13. The third-order valence-corrected chi connectivity index (χ3v) is 1.02. The molecule has 0 saturated heterocycles. The predicted molar refractivity (Wildman–Crippen MR) is 33.7 cm³/mol. The average molecular weight is 181 g/mol. The molecular formula is C5H3ClF2N2O. The molecule has 0 atom stereocenters. The van der Waals surface area contributed by atoms with Crippen LogP contribution in [0.25, 0.3) is 0 Å². The molecule has 0 aliphatic rings. The van der Waals surface area contributed by atoms with Gasteiger partial charge in [-0.3, -0.25) is 0 Å². The second kappa shape index (κ2) is 3.43. The van der Waals surface area contributed by atoms with Crippen molar-refractivity contribution in [2.45, 2.75) is 6.61 Å². The van der Waals surface area contributed by atoms with Crippen molar-refractivity contribution in [2.75, 3.05) is 0 Å². The fraction of sp³-hybridized carbons (Fsp3) is 0.200. The second-order valence-electron chi connectivity index (χ2n) is 1.59. The summed E-state index contributed by atoms with van der Waals surface area (Å²) in [6.45, 7) is -2.90. The van der Waals surface area contributed by atoms with Crippen molar-refractivity contribution in [3.8, 4) is 5.88 Å². The quantitative estimate of drug-likeness (QED) is 0.695. The number of hydrogen-bond acceptors (Lipinski definition) is 3. The van der Waals surface area contributed by atoms with Crippen LogP contribution < -0.4 is 4.74 Å². The van der Waals surface area contributed by atoms with E-state index in [-0.39, 0.29) is 10.9 Å². The van der Waals surface area contributed by atoms with Gasteiger partial charge in [0.1, 0.15) is 0 Å². The Morgan fingerprint density at radius 2 is 2.27 bits per heavy atom. The molecule has 0 saturated carbocycles. The first-order valence-electron chi connectivity index (χ1n) is 2.61. The monoisotopic (exact) mass is 180 g/mol. The van der Waals surface area contributed by atoms with Crippen molar-refractivity contribution in [1.29, 1.82) is 0 Å². The van der Waals surface area contributed by atoms with Crippen molar-refractivity contribution in [3.05, 3.63) is 17.3 Å². The highest BCUT2D eigenvalue weighted by Crippen LogP contribution is 2.13. The van der Waals surface area contributed by atoms with E-state index < -0.39 is 6.61 Å². The maximum atomic E-state index is 11.5. The summed E-state index contributed by atoms with van der Waals surface area (Å²) in [5, 5.41) is 6.74. The van der Waals surface area contributed by atoms with E-state index in [1.165, 1.54) is 6.20 Å². The van der Waals surface area contributed by atoms with Crippen molar-refractivity contribution in [2.24, 2.45) is 0 Å². The molecule has 11 heavy (non-hydrogen) atoms. The van der Waals surface area contributed by atoms with Gasteiger partial charge >= 0.3 is 6.61 Å². The van der Waals surface area contributed by atoms with Gasteiger partial charge in [0.25, 0.3) is 0 Å². The highest BCUT2D eigenvalue weighted by atomic mass is 35.5. The van der Waals surface area contributed by atoms with Gasteiger partial charge in [0.15, 0.2) is 0 Å². The number of halogens is 3. The molecule has 1 aromatic rings. The van der Waals surface area contributed by atoms with Gasteiger partial charge in [-0.2, -0.15) is 13.9 Å². The fourth-order valence-electron chi connectivity index (χ4n) is 0.474. The van der Waals surface area contributed by atoms with Gasteiger partial charge in [-0.05, 0) is 0 Å². The van der Waals surface area contributed by atoms with Crippen molar-refractivity contribution in [3.63, 3.8) is 0 Å². The summed E-state index contributed by atoms with van der Waals surface area (Å²) in [5.74, 6) is -0.285. The minimum absolute atomic E-state index is 0.204. The van der Waals surface area contributed by atoms with Crippen LogP contribution in [0.1, 0.15) is 0 Å². The Balaban J connectivity index is 2.71. The average Bonchev–Trinajstić information content (AvgIpc) is 1.85. The molecule has 0 radical (unpaired) electrons. The molecule has 1 heterocycles. The van der Waals surface area contributed by atoms with Crippen LogP contribution in [0.4, 0.5) is 8.78 Å². The molecule has 60 valence electrons. The second-order valence-corrected chi connectivity index (χ2v) is 2.03. The number of nitrogens with zero attached hydrogens (tertiary/aromatic N) is 2. The molecule has 0 aromatic carbocycles. The van der Waals surface area contributed by atoms with Gasteiger partial charge in [0, 0.05) is 6.07 Å². The van der Waals surface area contributed by atoms with E-state index in [2.05, 4.69) is 14.9 Å². The summed E-state index contributed by atoms with van der Waals surface area (Å²) in [5.41, 5.74) is 0. The van der Waals surface area contributed by atoms with E-state index in [1.54, 1.807) is 0 Å². The first-order chi connectivity index (χ1) is 5.18. The molecule has 0 amide bonds. The lowest BCUT2D eigenvalue weighted by Crippen LogP contribution is -2.03. The molecule has 0 spiro atoms. The minimum atomic E-state index is -2.90. The number of alkyl halides is 2. The van der Waals surface area contributed by atoms with Crippen LogP contribution in [0.2, 0.25) is 5.02 Å². The number of aromatic nitrogens is 2. The van der Waals surface area contributed by atoms with Gasteiger partial charge in [0.05, 0.1) is 11.2 Å². The van der Waals surface area contributed by atoms with Gasteiger partial charge < -0.3 is 4.74 Å². The SMILES string of the molecule is FC(F)Oc1cc(Cl)cnn1. The van der Waals surface area contributed by atoms with Gasteiger partial charge in [-0.15, -0.1) is 5.10 Å². The largest absolute Gasteiger partial charge is 0.415 e. The summed E-state index contributed by atoms with van der Waals surface area (Å²) >= 11 is 5.40. The van der Waals surface area contributed by atoms with Crippen LogP contribution in [-0.4, -0.2) is 16.8 Å². The molecule has 0 bridgehead atoms. The normalized spacial score (nSPS) is 10.2. The van der Waals surface area contributed by atoms with Crippen LogP contribution in [-0.2, 0) is 0 Å².